The van der Waals surface area contributed by atoms with Crippen molar-refractivity contribution in [3.8, 4) is 5.82 Å². The number of anilines is 1. The summed E-state index contributed by atoms with van der Waals surface area (Å²) in [7, 11) is 0. The highest BCUT2D eigenvalue weighted by atomic mass is 16.2. The van der Waals surface area contributed by atoms with E-state index < -0.39 is 0 Å². The number of aromatic nitrogens is 4. The molecular weight excluding hydrogens is 340 g/mol. The Labute approximate surface area is 160 Å². The van der Waals surface area contributed by atoms with Crippen molar-refractivity contribution in [1.82, 2.24) is 24.4 Å². The van der Waals surface area contributed by atoms with Crippen molar-refractivity contribution < 1.29 is 4.79 Å². The molecule has 7 heteroatoms. The Morgan fingerprint density at radius 3 is 2.56 bits per heavy atom. The number of carbonyl (C=O) groups excluding carboxylic acids is 1. The van der Waals surface area contributed by atoms with E-state index >= 15 is 0 Å². The van der Waals surface area contributed by atoms with Gasteiger partial charge in [-0.05, 0) is 37.5 Å². The Bertz CT molecular complexity index is 795. The van der Waals surface area contributed by atoms with Gasteiger partial charge < -0.3 is 9.80 Å². The van der Waals surface area contributed by atoms with E-state index in [2.05, 4.69) is 33.7 Å². The number of likely N-dealkylation sites (tertiary alicyclic amines) is 1. The van der Waals surface area contributed by atoms with Gasteiger partial charge >= 0.3 is 0 Å². The minimum absolute atomic E-state index is 0.0135. The molecule has 2 aromatic heterocycles. The van der Waals surface area contributed by atoms with Gasteiger partial charge in [0.1, 0.15) is 30.0 Å². The average molecular weight is 368 g/mol. The van der Waals surface area contributed by atoms with Gasteiger partial charge in [-0.25, -0.2) is 15.0 Å². The molecule has 0 N–H and O–H groups in total. The van der Waals surface area contributed by atoms with Crippen molar-refractivity contribution in [3.63, 3.8) is 0 Å². The van der Waals surface area contributed by atoms with Crippen LogP contribution >= 0.6 is 0 Å². The number of hydrogen-bond donors (Lipinski definition) is 0. The average Bonchev–Trinajstić information content (AvgIpc) is 3.18. The molecule has 4 heterocycles. The largest absolute Gasteiger partial charge is 0.356 e. The van der Waals surface area contributed by atoms with Crippen LogP contribution in [0.3, 0.4) is 0 Å². The standard InChI is InChI=1S/C20H28N6O/c1-15-5-8-24(9-6-15)18-10-19(22-13-21-18)26-12-17(23-14-26)20(27)25-7-3-4-16(2)11-25/h10,12-16H,3-9,11H2,1-2H3. The fraction of sp³-hybridized carbons (Fsp3) is 0.600. The molecule has 0 radical (unpaired) electrons. The topological polar surface area (TPSA) is 67.2 Å². The predicted molar refractivity (Wildman–Crippen MR) is 104 cm³/mol. The van der Waals surface area contributed by atoms with Crippen molar-refractivity contribution in [2.75, 3.05) is 31.1 Å². The molecule has 2 fully saturated rings. The van der Waals surface area contributed by atoms with Gasteiger partial charge in [0, 0.05) is 38.4 Å². The lowest BCUT2D eigenvalue weighted by Gasteiger charge is -2.31. The van der Waals surface area contributed by atoms with E-state index in [1.165, 1.54) is 19.3 Å². The smallest absolute Gasteiger partial charge is 0.274 e. The van der Waals surface area contributed by atoms with E-state index in [4.69, 9.17) is 0 Å². The zero-order chi connectivity index (χ0) is 18.8. The van der Waals surface area contributed by atoms with Crippen LogP contribution in [0.2, 0.25) is 0 Å². The Morgan fingerprint density at radius 2 is 1.78 bits per heavy atom. The maximum absolute atomic E-state index is 12.7. The Morgan fingerprint density at radius 1 is 1.00 bits per heavy atom. The molecule has 7 nitrogen and oxygen atoms in total. The first-order chi connectivity index (χ1) is 13.1. The van der Waals surface area contributed by atoms with E-state index in [-0.39, 0.29) is 5.91 Å². The quantitative estimate of drug-likeness (QED) is 0.833. The van der Waals surface area contributed by atoms with Gasteiger partial charge in [0.25, 0.3) is 5.91 Å². The van der Waals surface area contributed by atoms with Gasteiger partial charge in [-0.3, -0.25) is 9.36 Å². The van der Waals surface area contributed by atoms with Crippen molar-refractivity contribution in [2.24, 2.45) is 11.8 Å². The second-order valence-electron chi connectivity index (χ2n) is 8.07. The van der Waals surface area contributed by atoms with Crippen LogP contribution in [-0.2, 0) is 0 Å². The second kappa shape index (κ2) is 7.66. The molecular formula is C20H28N6O. The lowest BCUT2D eigenvalue weighted by atomic mass is 9.99. The molecule has 1 atom stereocenters. The van der Waals surface area contributed by atoms with Crippen molar-refractivity contribution in [2.45, 2.75) is 39.5 Å². The number of imidazole rings is 1. The third-order valence-electron chi connectivity index (χ3n) is 5.76. The molecule has 4 rings (SSSR count). The van der Waals surface area contributed by atoms with Gasteiger partial charge in [0.05, 0.1) is 0 Å². The third-order valence-corrected chi connectivity index (χ3v) is 5.76. The molecule has 0 aromatic carbocycles. The SMILES string of the molecule is CC1CCN(c2cc(-n3cnc(C(=O)N4CCCC(C)C4)c3)ncn2)CC1. The summed E-state index contributed by atoms with van der Waals surface area (Å²) in [5, 5.41) is 0. The van der Waals surface area contributed by atoms with E-state index in [0.29, 0.717) is 11.6 Å². The highest BCUT2D eigenvalue weighted by molar-refractivity contribution is 5.92. The molecule has 2 aromatic rings. The molecule has 1 unspecified atom stereocenters. The summed E-state index contributed by atoms with van der Waals surface area (Å²) < 4.78 is 1.82. The molecule has 0 spiro atoms. The van der Waals surface area contributed by atoms with Gasteiger partial charge in [0.15, 0.2) is 0 Å². The monoisotopic (exact) mass is 368 g/mol. The third kappa shape index (κ3) is 3.96. The first kappa shape index (κ1) is 17.9. The second-order valence-corrected chi connectivity index (χ2v) is 8.07. The number of nitrogens with zero attached hydrogens (tertiary/aromatic N) is 6. The zero-order valence-electron chi connectivity index (χ0n) is 16.2. The zero-order valence-corrected chi connectivity index (χ0v) is 16.2. The molecule has 0 aliphatic carbocycles. The van der Waals surface area contributed by atoms with Crippen molar-refractivity contribution in [1.29, 1.82) is 0 Å². The molecule has 2 aliphatic heterocycles. The number of carbonyl (C=O) groups is 1. The Kier molecular flexibility index (Phi) is 5.09. The first-order valence-electron chi connectivity index (χ1n) is 10.0. The lowest BCUT2D eigenvalue weighted by molar-refractivity contribution is 0.0677. The van der Waals surface area contributed by atoms with E-state index in [1.807, 2.05) is 15.5 Å². The number of amides is 1. The molecule has 1 amide bonds. The van der Waals surface area contributed by atoms with Crippen LogP contribution in [0.1, 0.15) is 50.0 Å². The van der Waals surface area contributed by atoms with Crippen LogP contribution in [0.15, 0.2) is 24.9 Å². The summed E-state index contributed by atoms with van der Waals surface area (Å²) in [5.41, 5.74) is 0.482. The van der Waals surface area contributed by atoms with Crippen LogP contribution in [0, 0.1) is 11.8 Å². The summed E-state index contributed by atoms with van der Waals surface area (Å²) in [4.78, 5) is 30.1. The minimum atomic E-state index is 0.0135. The molecule has 27 heavy (non-hydrogen) atoms. The highest BCUT2D eigenvalue weighted by Gasteiger charge is 2.24. The summed E-state index contributed by atoms with van der Waals surface area (Å²) in [6.07, 6.45) is 9.69. The number of piperidine rings is 2. The van der Waals surface area contributed by atoms with E-state index in [9.17, 15) is 4.79 Å². The Hall–Kier alpha value is -2.44. The van der Waals surface area contributed by atoms with Gasteiger partial charge in [0.2, 0.25) is 0 Å². The van der Waals surface area contributed by atoms with Gasteiger partial charge in [-0.1, -0.05) is 13.8 Å². The van der Waals surface area contributed by atoms with Crippen LogP contribution in [-0.4, -0.2) is 56.5 Å². The van der Waals surface area contributed by atoms with E-state index in [1.54, 1.807) is 18.9 Å². The highest BCUT2D eigenvalue weighted by Crippen LogP contribution is 2.22. The molecule has 0 saturated carbocycles. The first-order valence-corrected chi connectivity index (χ1v) is 10.0. The van der Waals surface area contributed by atoms with E-state index in [0.717, 1.165) is 50.2 Å². The Balaban J connectivity index is 1.50. The summed E-state index contributed by atoms with van der Waals surface area (Å²) in [6, 6.07) is 1.98. The fourth-order valence-corrected chi connectivity index (χ4v) is 3.98. The summed E-state index contributed by atoms with van der Waals surface area (Å²) in [6.45, 7) is 8.19. The number of rotatable bonds is 3. The van der Waals surface area contributed by atoms with Crippen LogP contribution in [0.5, 0.6) is 0 Å². The maximum Gasteiger partial charge on any atom is 0.274 e. The molecule has 2 aliphatic rings. The molecule has 0 bridgehead atoms. The van der Waals surface area contributed by atoms with Crippen molar-refractivity contribution in [3.05, 3.63) is 30.6 Å². The summed E-state index contributed by atoms with van der Waals surface area (Å²) in [5.74, 6) is 3.04. The van der Waals surface area contributed by atoms with Crippen LogP contribution < -0.4 is 4.90 Å². The summed E-state index contributed by atoms with van der Waals surface area (Å²) >= 11 is 0. The maximum atomic E-state index is 12.7. The molecule has 2 saturated heterocycles. The molecule has 144 valence electrons. The number of hydrogen-bond acceptors (Lipinski definition) is 5. The predicted octanol–water partition coefficient (Wildman–Crippen LogP) is 2.77. The minimum Gasteiger partial charge on any atom is -0.356 e. The van der Waals surface area contributed by atoms with Gasteiger partial charge in [-0.15, -0.1) is 0 Å². The lowest BCUT2D eigenvalue weighted by Crippen LogP contribution is -2.39. The normalized spacial score (nSPS) is 21.5. The van der Waals surface area contributed by atoms with Gasteiger partial charge in [-0.2, -0.15) is 0 Å². The van der Waals surface area contributed by atoms with Crippen LogP contribution in [0.4, 0.5) is 5.82 Å². The van der Waals surface area contributed by atoms with Crippen molar-refractivity contribution >= 4 is 11.7 Å². The fourth-order valence-electron chi connectivity index (χ4n) is 3.98. The van der Waals surface area contributed by atoms with Crippen LogP contribution in [0.25, 0.3) is 5.82 Å².